The minimum atomic E-state index is -5.30. The third kappa shape index (κ3) is 2.77. The molecular weight excluding hydrogens is 454 g/mol. The van der Waals surface area contributed by atoms with Crippen molar-refractivity contribution in [3.8, 4) is 0 Å². The minimum Gasteiger partial charge on any atom is -0.465 e. The fraction of sp³-hybridized carbons (Fsp3) is 0.375. The van der Waals surface area contributed by atoms with E-state index in [0.29, 0.717) is 11.0 Å². The largest absolute Gasteiger partial charge is 0.465 e. The van der Waals surface area contributed by atoms with Crippen molar-refractivity contribution in [2.45, 2.75) is 30.7 Å². The fourth-order valence-electron chi connectivity index (χ4n) is 3.76. The van der Waals surface area contributed by atoms with E-state index in [0.717, 1.165) is 11.0 Å². The van der Waals surface area contributed by atoms with E-state index in [-0.39, 0.29) is 34.0 Å². The van der Waals surface area contributed by atoms with Crippen LogP contribution in [0, 0.1) is 0 Å². The first-order valence-electron chi connectivity index (χ1n) is 8.55. The second-order valence-electron chi connectivity index (χ2n) is 6.81. The maximum atomic E-state index is 14.3. The molecule has 14 heteroatoms. The summed E-state index contributed by atoms with van der Waals surface area (Å²) < 4.78 is 43.5. The summed E-state index contributed by atoms with van der Waals surface area (Å²) in [5.74, 6) is -3.30. The molecule has 2 aromatic rings. The molecule has 4 rings (SSSR count). The quantitative estimate of drug-likeness (QED) is 0.630. The van der Waals surface area contributed by atoms with Gasteiger partial charge in [-0.3, -0.25) is 24.4 Å². The number of carboxylic acid groups (broad SMARTS) is 1. The van der Waals surface area contributed by atoms with Crippen LogP contribution in [-0.4, -0.2) is 56.2 Å². The molecule has 160 valence electrons. The summed E-state index contributed by atoms with van der Waals surface area (Å²) in [5.41, 5.74) is -3.73. The Labute approximate surface area is 175 Å². The number of halogens is 5. The van der Waals surface area contributed by atoms with E-state index in [1.807, 2.05) is 5.32 Å². The highest BCUT2D eigenvalue weighted by Crippen LogP contribution is 2.45. The number of carbonyl (C=O) groups is 3. The molecule has 1 fully saturated rings. The van der Waals surface area contributed by atoms with Gasteiger partial charge in [-0.15, -0.1) is 0 Å². The number of imidazole rings is 1. The van der Waals surface area contributed by atoms with Gasteiger partial charge in [-0.25, -0.2) is 9.78 Å². The molecule has 1 saturated heterocycles. The normalized spacial score (nSPS) is 23.6. The molecule has 0 bridgehead atoms. The predicted molar refractivity (Wildman–Crippen MR) is 98.3 cm³/mol. The Bertz CT molecular complexity index is 1100. The van der Waals surface area contributed by atoms with Gasteiger partial charge in [-0.05, 0) is 25.0 Å². The van der Waals surface area contributed by atoms with Gasteiger partial charge in [0.25, 0.3) is 11.6 Å². The first kappa shape index (κ1) is 20.5. The van der Waals surface area contributed by atoms with Gasteiger partial charge in [-0.1, -0.05) is 23.2 Å². The number of aromatic nitrogens is 2. The van der Waals surface area contributed by atoms with Gasteiger partial charge in [-0.2, -0.15) is 13.2 Å². The molecule has 9 nitrogen and oxygen atoms in total. The molecule has 2 aliphatic heterocycles. The van der Waals surface area contributed by atoms with Crippen LogP contribution in [-0.2, 0) is 15.3 Å². The van der Waals surface area contributed by atoms with Crippen LogP contribution in [0.5, 0.6) is 0 Å². The molecule has 2 aliphatic rings. The number of rotatable bonds is 2. The number of alkyl halides is 3. The minimum absolute atomic E-state index is 0.00794. The van der Waals surface area contributed by atoms with Crippen LogP contribution < -0.4 is 10.6 Å². The van der Waals surface area contributed by atoms with Crippen molar-refractivity contribution >= 4 is 58.1 Å². The van der Waals surface area contributed by atoms with Crippen LogP contribution in [0.25, 0.3) is 11.0 Å². The van der Waals surface area contributed by atoms with Gasteiger partial charge < -0.3 is 10.4 Å². The Morgan fingerprint density at radius 3 is 2.60 bits per heavy atom. The third-order valence-electron chi connectivity index (χ3n) is 5.10. The number of nitrogens with one attached hydrogen (secondary N) is 2. The van der Waals surface area contributed by atoms with Crippen molar-refractivity contribution in [2.24, 2.45) is 0 Å². The van der Waals surface area contributed by atoms with Crippen LogP contribution in [0.1, 0.15) is 12.8 Å². The molecule has 30 heavy (non-hydrogen) atoms. The van der Waals surface area contributed by atoms with E-state index >= 15 is 0 Å². The number of fused-ring (bicyclic) bond motifs is 3. The smallest absolute Gasteiger partial charge is 0.440 e. The lowest BCUT2D eigenvalue weighted by molar-refractivity contribution is -0.218. The molecule has 1 aromatic heterocycles. The number of carbonyl (C=O) groups excluding carboxylic acids is 2. The van der Waals surface area contributed by atoms with Crippen molar-refractivity contribution in [1.29, 1.82) is 0 Å². The Morgan fingerprint density at radius 1 is 1.30 bits per heavy atom. The zero-order valence-electron chi connectivity index (χ0n) is 14.8. The molecule has 0 radical (unpaired) electrons. The highest BCUT2D eigenvalue weighted by atomic mass is 35.5. The molecule has 3 amide bonds. The molecule has 2 atom stereocenters. The van der Waals surface area contributed by atoms with Gasteiger partial charge in [0.2, 0.25) is 11.9 Å². The highest BCUT2D eigenvalue weighted by Gasteiger charge is 2.68. The Kier molecular flexibility index (Phi) is 4.54. The van der Waals surface area contributed by atoms with E-state index in [4.69, 9.17) is 23.2 Å². The summed E-state index contributed by atoms with van der Waals surface area (Å²) in [6.07, 6.45) is -6.43. The van der Waals surface area contributed by atoms with E-state index < -0.39 is 41.7 Å². The monoisotopic (exact) mass is 465 g/mol. The van der Waals surface area contributed by atoms with Gasteiger partial charge in [0.1, 0.15) is 6.04 Å². The number of benzene rings is 1. The van der Waals surface area contributed by atoms with Gasteiger partial charge in [0.05, 0.1) is 21.1 Å². The Morgan fingerprint density at radius 2 is 1.97 bits per heavy atom. The summed E-state index contributed by atoms with van der Waals surface area (Å²) in [7, 11) is 0. The second kappa shape index (κ2) is 6.64. The van der Waals surface area contributed by atoms with Gasteiger partial charge >= 0.3 is 12.3 Å². The molecule has 1 aromatic carbocycles. The molecule has 1 unspecified atom stereocenters. The van der Waals surface area contributed by atoms with Crippen LogP contribution in [0.4, 0.5) is 23.9 Å². The number of likely N-dealkylation sites (tertiary alicyclic amines) is 1. The molecule has 0 aliphatic carbocycles. The van der Waals surface area contributed by atoms with E-state index in [9.17, 15) is 32.7 Å². The number of anilines is 1. The second-order valence-corrected chi connectivity index (χ2v) is 7.63. The van der Waals surface area contributed by atoms with Crippen LogP contribution in [0.2, 0.25) is 10.0 Å². The summed E-state index contributed by atoms with van der Waals surface area (Å²) in [4.78, 5) is 41.2. The predicted octanol–water partition coefficient (Wildman–Crippen LogP) is 2.77. The van der Waals surface area contributed by atoms with Crippen molar-refractivity contribution in [3.05, 3.63) is 22.2 Å². The topological polar surface area (TPSA) is 117 Å². The lowest BCUT2D eigenvalue weighted by Gasteiger charge is -2.33. The number of nitrogens with zero attached hydrogens (tertiary/aromatic N) is 3. The lowest BCUT2D eigenvalue weighted by Crippen LogP contribution is -2.65. The van der Waals surface area contributed by atoms with Crippen molar-refractivity contribution < 1.29 is 32.7 Å². The lowest BCUT2D eigenvalue weighted by atomic mass is 10.1. The molecule has 0 spiro atoms. The highest BCUT2D eigenvalue weighted by molar-refractivity contribution is 6.42. The van der Waals surface area contributed by atoms with Crippen LogP contribution in [0.3, 0.4) is 0 Å². The Balaban J connectivity index is 1.86. The average molecular weight is 466 g/mol. The summed E-state index contributed by atoms with van der Waals surface area (Å²) in [6.45, 7) is -0.00794. The molecular formula is C16H12Cl2F3N5O4. The number of hydrogen-bond donors (Lipinski definition) is 3. The summed E-state index contributed by atoms with van der Waals surface area (Å²) in [5, 5.41) is 12.9. The molecule has 0 saturated carbocycles. The molecule has 3 N–H and O–H groups in total. The van der Waals surface area contributed by atoms with Crippen molar-refractivity contribution in [1.82, 2.24) is 19.8 Å². The zero-order chi connectivity index (χ0) is 22.0. The first-order chi connectivity index (χ1) is 14.0. The first-order valence-corrected chi connectivity index (χ1v) is 9.30. The zero-order valence-corrected chi connectivity index (χ0v) is 16.3. The Hall–Kier alpha value is -2.73. The van der Waals surface area contributed by atoms with Crippen molar-refractivity contribution in [2.75, 3.05) is 11.9 Å². The van der Waals surface area contributed by atoms with Crippen molar-refractivity contribution in [3.63, 3.8) is 0 Å². The summed E-state index contributed by atoms with van der Waals surface area (Å²) in [6, 6.07) is 0.955. The number of hydrogen-bond acceptors (Lipinski definition) is 4. The van der Waals surface area contributed by atoms with Gasteiger partial charge in [0, 0.05) is 6.54 Å². The van der Waals surface area contributed by atoms with E-state index in [2.05, 4.69) is 4.98 Å². The van der Waals surface area contributed by atoms with E-state index in [1.165, 1.54) is 6.07 Å². The summed E-state index contributed by atoms with van der Waals surface area (Å²) >= 11 is 11.8. The maximum Gasteiger partial charge on any atom is 0.440 e. The maximum absolute atomic E-state index is 14.3. The van der Waals surface area contributed by atoms with Crippen LogP contribution in [0.15, 0.2) is 12.1 Å². The number of amides is 3. The average Bonchev–Trinajstić information content (AvgIpc) is 3.30. The SMILES string of the molecule is O=C(NC1(C(F)(F)F)C(=O)Nc2nc3cc(Cl)c(Cl)cc3n21)[C@@H]1CCCN1C(=O)O. The fourth-order valence-corrected chi connectivity index (χ4v) is 4.07. The molecule has 3 heterocycles. The third-order valence-corrected chi connectivity index (χ3v) is 5.82. The van der Waals surface area contributed by atoms with Gasteiger partial charge in [0.15, 0.2) is 0 Å². The van der Waals surface area contributed by atoms with E-state index in [1.54, 1.807) is 5.32 Å². The standard InChI is InChI=1S/C16H12Cl2F3N5O4/c17-6-4-8-10(5-7(6)18)26-13(22-8)23-12(28)15(26,16(19,20)21)24-11(27)9-2-1-3-25(9)14(29)30/h4-5,9H,1-3H2,(H,24,27)(H,29,30)(H,22,23,28)/t9-,15?/m0/s1. The van der Waals surface area contributed by atoms with Crippen LogP contribution >= 0.6 is 23.2 Å².